The number of rotatable bonds is 5. The number of nitrogens with zero attached hydrogens (tertiary/aromatic N) is 2. The van der Waals surface area contributed by atoms with Crippen molar-refractivity contribution < 1.29 is 8.42 Å². The Labute approximate surface area is 122 Å². The molecule has 0 aliphatic carbocycles. The molecule has 2 rings (SSSR count). The zero-order valence-corrected chi connectivity index (χ0v) is 12.8. The lowest BCUT2D eigenvalue weighted by Gasteiger charge is -2.20. The van der Waals surface area contributed by atoms with Gasteiger partial charge in [-0.2, -0.15) is 0 Å². The summed E-state index contributed by atoms with van der Waals surface area (Å²) in [5.41, 5.74) is 9.86. The van der Waals surface area contributed by atoms with Crippen LogP contribution >= 0.6 is 11.3 Å². The molecule has 20 heavy (non-hydrogen) atoms. The summed E-state index contributed by atoms with van der Waals surface area (Å²) in [5, 5.41) is 1.96. The van der Waals surface area contributed by atoms with Gasteiger partial charge in [0.05, 0.1) is 34.0 Å². The van der Waals surface area contributed by atoms with E-state index in [1.165, 1.54) is 30.5 Å². The number of nitrogens with one attached hydrogen (secondary N) is 1. The quantitative estimate of drug-likeness (QED) is 0.812. The Balaban J connectivity index is 2.26. The highest BCUT2D eigenvalue weighted by Crippen LogP contribution is 2.26. The topological polar surface area (TPSA) is 88.3 Å². The van der Waals surface area contributed by atoms with Crippen LogP contribution in [0.4, 0.5) is 11.4 Å². The molecule has 1 aromatic heterocycles. The average molecular weight is 312 g/mol. The van der Waals surface area contributed by atoms with E-state index in [-0.39, 0.29) is 4.90 Å². The van der Waals surface area contributed by atoms with E-state index < -0.39 is 10.0 Å². The summed E-state index contributed by atoms with van der Waals surface area (Å²) in [6.07, 6.45) is 0. The Bertz CT molecular complexity index is 683. The largest absolute Gasteiger partial charge is 0.397 e. The number of thiazole rings is 1. The number of benzene rings is 1. The molecular formula is C12H16N4O2S2. The fourth-order valence-electron chi connectivity index (χ4n) is 1.81. The molecule has 0 unspecified atom stereocenters. The highest BCUT2D eigenvalue weighted by Gasteiger charge is 2.14. The van der Waals surface area contributed by atoms with E-state index in [1.807, 2.05) is 17.3 Å². The van der Waals surface area contributed by atoms with Crippen molar-refractivity contribution in [1.29, 1.82) is 0 Å². The lowest BCUT2D eigenvalue weighted by atomic mass is 10.2. The van der Waals surface area contributed by atoms with Crippen molar-refractivity contribution in [2.45, 2.75) is 11.4 Å². The number of nitrogen functional groups attached to an aromatic ring is 1. The van der Waals surface area contributed by atoms with Gasteiger partial charge < -0.3 is 10.6 Å². The van der Waals surface area contributed by atoms with Crippen molar-refractivity contribution in [2.75, 3.05) is 24.7 Å². The maximum absolute atomic E-state index is 11.7. The molecule has 0 saturated carbocycles. The highest BCUT2D eigenvalue weighted by molar-refractivity contribution is 7.89. The van der Waals surface area contributed by atoms with Crippen LogP contribution in [0.1, 0.15) is 5.69 Å². The molecule has 1 aromatic carbocycles. The summed E-state index contributed by atoms with van der Waals surface area (Å²) in [6.45, 7) is 0.617. The van der Waals surface area contributed by atoms with Gasteiger partial charge in [0.15, 0.2) is 0 Å². The van der Waals surface area contributed by atoms with Crippen molar-refractivity contribution >= 4 is 32.7 Å². The summed E-state index contributed by atoms with van der Waals surface area (Å²) < 4.78 is 25.7. The summed E-state index contributed by atoms with van der Waals surface area (Å²) in [5.74, 6) is 0. The molecule has 0 spiro atoms. The first-order valence-electron chi connectivity index (χ1n) is 5.85. The Morgan fingerprint density at radius 3 is 2.75 bits per heavy atom. The minimum atomic E-state index is -3.47. The lowest BCUT2D eigenvalue weighted by molar-refractivity contribution is 0.588. The molecule has 0 bridgehead atoms. The third-order valence-corrected chi connectivity index (χ3v) is 4.92. The fourth-order valence-corrected chi connectivity index (χ4v) is 3.12. The predicted molar refractivity (Wildman–Crippen MR) is 81.3 cm³/mol. The van der Waals surface area contributed by atoms with E-state index in [0.29, 0.717) is 12.2 Å². The molecule has 0 fully saturated rings. The van der Waals surface area contributed by atoms with Gasteiger partial charge in [-0.05, 0) is 25.2 Å². The smallest absolute Gasteiger partial charge is 0.240 e. The summed E-state index contributed by atoms with van der Waals surface area (Å²) in [4.78, 5) is 6.30. The second kappa shape index (κ2) is 5.78. The van der Waals surface area contributed by atoms with E-state index >= 15 is 0 Å². The predicted octanol–water partition coefficient (Wildman–Crippen LogP) is 1.27. The molecule has 1 heterocycles. The van der Waals surface area contributed by atoms with Gasteiger partial charge in [0.2, 0.25) is 10.0 Å². The molecule has 0 aliphatic rings. The minimum Gasteiger partial charge on any atom is -0.397 e. The van der Waals surface area contributed by atoms with Crippen LogP contribution in [0.5, 0.6) is 0 Å². The molecule has 0 atom stereocenters. The first-order chi connectivity index (χ1) is 9.44. The summed E-state index contributed by atoms with van der Waals surface area (Å²) in [7, 11) is -0.217. The van der Waals surface area contributed by atoms with Crippen molar-refractivity contribution in [3.63, 3.8) is 0 Å². The number of aromatic nitrogens is 1. The second-order valence-electron chi connectivity index (χ2n) is 4.26. The Kier molecular flexibility index (Phi) is 4.26. The fraction of sp³-hybridized carbons (Fsp3) is 0.250. The molecule has 2 aromatic rings. The highest BCUT2D eigenvalue weighted by atomic mass is 32.2. The third-order valence-electron chi connectivity index (χ3n) is 2.87. The van der Waals surface area contributed by atoms with Gasteiger partial charge in [-0.3, -0.25) is 0 Å². The van der Waals surface area contributed by atoms with E-state index in [4.69, 9.17) is 5.73 Å². The first-order valence-corrected chi connectivity index (χ1v) is 8.28. The third kappa shape index (κ3) is 3.09. The zero-order chi connectivity index (χ0) is 14.8. The number of sulfonamides is 1. The Morgan fingerprint density at radius 2 is 2.20 bits per heavy atom. The van der Waals surface area contributed by atoms with Crippen LogP contribution in [-0.2, 0) is 16.6 Å². The number of hydrogen-bond acceptors (Lipinski definition) is 6. The molecule has 108 valence electrons. The SMILES string of the molecule is CNS(=O)(=O)c1ccc(N(C)Cc2cscn2)c(N)c1. The summed E-state index contributed by atoms with van der Waals surface area (Å²) >= 11 is 1.53. The van der Waals surface area contributed by atoms with Crippen LogP contribution in [0.3, 0.4) is 0 Å². The maximum Gasteiger partial charge on any atom is 0.240 e. The van der Waals surface area contributed by atoms with Crippen molar-refractivity contribution in [3.8, 4) is 0 Å². The monoisotopic (exact) mass is 312 g/mol. The van der Waals surface area contributed by atoms with Gasteiger partial charge in [-0.25, -0.2) is 18.1 Å². The summed E-state index contributed by atoms with van der Waals surface area (Å²) in [6, 6.07) is 4.69. The van der Waals surface area contributed by atoms with Crippen LogP contribution in [0.15, 0.2) is 34.0 Å². The van der Waals surface area contributed by atoms with Crippen LogP contribution in [0.2, 0.25) is 0 Å². The van der Waals surface area contributed by atoms with E-state index in [1.54, 1.807) is 11.6 Å². The van der Waals surface area contributed by atoms with Crippen LogP contribution in [-0.4, -0.2) is 27.5 Å². The maximum atomic E-state index is 11.7. The number of nitrogens with two attached hydrogens (primary N) is 1. The molecule has 0 radical (unpaired) electrons. The second-order valence-corrected chi connectivity index (χ2v) is 6.87. The molecule has 3 N–H and O–H groups in total. The van der Waals surface area contributed by atoms with Crippen LogP contribution in [0.25, 0.3) is 0 Å². The van der Waals surface area contributed by atoms with Gasteiger partial charge in [-0.1, -0.05) is 0 Å². The Hall–Kier alpha value is -1.64. The molecular weight excluding hydrogens is 296 g/mol. The van der Waals surface area contributed by atoms with E-state index in [0.717, 1.165) is 11.4 Å². The van der Waals surface area contributed by atoms with Gasteiger partial charge in [0.1, 0.15) is 0 Å². The first kappa shape index (κ1) is 14.8. The zero-order valence-electron chi connectivity index (χ0n) is 11.2. The van der Waals surface area contributed by atoms with Gasteiger partial charge in [-0.15, -0.1) is 11.3 Å². The van der Waals surface area contributed by atoms with Crippen LogP contribution < -0.4 is 15.4 Å². The number of anilines is 2. The van der Waals surface area contributed by atoms with Gasteiger partial charge >= 0.3 is 0 Å². The van der Waals surface area contributed by atoms with Crippen molar-refractivity contribution in [3.05, 3.63) is 34.8 Å². The standard InChI is InChI=1S/C12H16N4O2S2/c1-14-20(17,18)10-3-4-12(11(13)5-10)16(2)6-9-7-19-8-15-9/h3-5,7-8,14H,6,13H2,1-2H3. The van der Waals surface area contributed by atoms with Gasteiger partial charge in [0, 0.05) is 12.4 Å². The average Bonchev–Trinajstić information content (AvgIpc) is 2.91. The molecule has 0 amide bonds. The van der Waals surface area contributed by atoms with Crippen LogP contribution in [0, 0.1) is 0 Å². The molecule has 8 heteroatoms. The van der Waals surface area contributed by atoms with Crippen molar-refractivity contribution in [2.24, 2.45) is 0 Å². The van der Waals surface area contributed by atoms with Crippen molar-refractivity contribution in [1.82, 2.24) is 9.71 Å². The van der Waals surface area contributed by atoms with Gasteiger partial charge in [0.25, 0.3) is 0 Å². The Morgan fingerprint density at radius 1 is 1.45 bits per heavy atom. The number of hydrogen-bond donors (Lipinski definition) is 2. The molecule has 6 nitrogen and oxygen atoms in total. The van der Waals surface area contributed by atoms with E-state index in [2.05, 4.69) is 9.71 Å². The minimum absolute atomic E-state index is 0.156. The van der Waals surface area contributed by atoms with E-state index in [9.17, 15) is 8.42 Å². The normalized spacial score (nSPS) is 11.5. The molecule has 0 aliphatic heterocycles. The molecule has 0 saturated heterocycles. The lowest BCUT2D eigenvalue weighted by Crippen LogP contribution is -2.20.